The summed E-state index contributed by atoms with van der Waals surface area (Å²) in [6, 6.07) is 0. The molecule has 0 aliphatic carbocycles. The Morgan fingerprint density at radius 2 is 2.40 bits per heavy atom. The molecule has 0 bridgehead atoms. The molecule has 0 aromatic carbocycles. The summed E-state index contributed by atoms with van der Waals surface area (Å²) in [5, 5.41) is 21.7. The molecule has 1 rings (SSSR count). The molecule has 1 aromatic heterocycles. The Kier molecular flexibility index (Phi) is 3.71. The first-order valence-electron chi connectivity index (χ1n) is 4.01. The Morgan fingerprint density at radius 3 is 2.93 bits per heavy atom. The highest BCUT2D eigenvalue weighted by molar-refractivity contribution is 5.56. The lowest BCUT2D eigenvalue weighted by molar-refractivity contribution is -0.384. The van der Waals surface area contributed by atoms with Crippen molar-refractivity contribution in [1.29, 1.82) is 0 Å². The van der Waals surface area contributed by atoms with E-state index in [1.54, 1.807) is 0 Å². The van der Waals surface area contributed by atoms with Crippen LogP contribution in [0.2, 0.25) is 0 Å². The van der Waals surface area contributed by atoms with Crippen LogP contribution in [-0.4, -0.2) is 33.1 Å². The largest absolute Gasteiger partial charge is 0.395 e. The van der Waals surface area contributed by atoms with Crippen molar-refractivity contribution in [2.75, 3.05) is 23.9 Å². The average molecular weight is 214 g/mol. The molecule has 9 nitrogen and oxygen atoms in total. The number of anilines is 2. The fourth-order valence-electron chi connectivity index (χ4n) is 0.883. The molecule has 0 saturated heterocycles. The Labute approximate surface area is 84.5 Å². The van der Waals surface area contributed by atoms with Gasteiger partial charge in [0.1, 0.15) is 6.20 Å². The Hall–Kier alpha value is -2.00. The summed E-state index contributed by atoms with van der Waals surface area (Å²) in [6.45, 7) is -0.00555. The highest BCUT2D eigenvalue weighted by Gasteiger charge is 2.16. The first kappa shape index (κ1) is 11.1. The van der Waals surface area contributed by atoms with Gasteiger partial charge in [0.15, 0.2) is 0 Å². The van der Waals surface area contributed by atoms with Crippen molar-refractivity contribution in [3.63, 3.8) is 0 Å². The summed E-state index contributed by atoms with van der Waals surface area (Å²) in [5.74, 6) is 5.12. The number of aromatic nitrogens is 2. The molecule has 0 amide bonds. The third-order valence-corrected chi connectivity index (χ3v) is 1.50. The normalized spacial score (nSPS) is 9.73. The van der Waals surface area contributed by atoms with Crippen LogP contribution in [0, 0.1) is 10.1 Å². The first-order chi connectivity index (χ1) is 7.19. The molecular weight excluding hydrogens is 204 g/mol. The van der Waals surface area contributed by atoms with E-state index < -0.39 is 4.92 Å². The van der Waals surface area contributed by atoms with E-state index in [2.05, 4.69) is 20.7 Å². The smallest absolute Gasteiger partial charge is 0.329 e. The van der Waals surface area contributed by atoms with Crippen molar-refractivity contribution < 1.29 is 10.0 Å². The summed E-state index contributed by atoms with van der Waals surface area (Å²) in [4.78, 5) is 17.3. The van der Waals surface area contributed by atoms with Crippen molar-refractivity contribution in [3.05, 3.63) is 16.3 Å². The highest BCUT2D eigenvalue weighted by Crippen LogP contribution is 2.21. The standard InChI is InChI=1S/C6H10N6O3/c7-11-6-9-3-4(12(14)15)5(10-6)8-1-2-13/h3,13H,1-2,7H2,(H2,8,9,10,11). The maximum atomic E-state index is 10.6. The van der Waals surface area contributed by atoms with Gasteiger partial charge in [0.05, 0.1) is 11.5 Å². The van der Waals surface area contributed by atoms with E-state index in [0.29, 0.717) is 0 Å². The molecular formula is C6H10N6O3. The Balaban J connectivity index is 2.99. The van der Waals surface area contributed by atoms with Crippen molar-refractivity contribution >= 4 is 17.5 Å². The van der Waals surface area contributed by atoms with Crippen molar-refractivity contribution in [3.8, 4) is 0 Å². The van der Waals surface area contributed by atoms with E-state index in [0.717, 1.165) is 6.20 Å². The molecule has 0 aliphatic heterocycles. The number of aliphatic hydroxyl groups excluding tert-OH is 1. The number of nitrogens with two attached hydrogens (primary N) is 1. The predicted octanol–water partition coefficient (Wildman–Crippen LogP) is -0.925. The Bertz CT molecular complexity index is 357. The zero-order chi connectivity index (χ0) is 11.3. The van der Waals surface area contributed by atoms with Gasteiger partial charge in [-0.1, -0.05) is 0 Å². The quantitative estimate of drug-likeness (QED) is 0.280. The number of hydrogen-bond acceptors (Lipinski definition) is 8. The lowest BCUT2D eigenvalue weighted by Crippen LogP contribution is -2.14. The predicted molar refractivity (Wildman–Crippen MR) is 52.1 cm³/mol. The van der Waals surface area contributed by atoms with Gasteiger partial charge in [-0.15, -0.1) is 0 Å². The van der Waals surface area contributed by atoms with Crippen LogP contribution in [-0.2, 0) is 0 Å². The third-order valence-electron chi connectivity index (χ3n) is 1.50. The first-order valence-corrected chi connectivity index (χ1v) is 4.01. The van der Waals surface area contributed by atoms with Gasteiger partial charge in [-0.25, -0.2) is 10.8 Å². The molecule has 0 radical (unpaired) electrons. The average Bonchev–Trinajstić information content (AvgIpc) is 2.25. The molecule has 1 heterocycles. The van der Waals surface area contributed by atoms with Gasteiger partial charge in [0.2, 0.25) is 11.8 Å². The van der Waals surface area contributed by atoms with Gasteiger partial charge in [0, 0.05) is 6.54 Å². The zero-order valence-corrected chi connectivity index (χ0v) is 7.67. The monoisotopic (exact) mass is 214 g/mol. The zero-order valence-electron chi connectivity index (χ0n) is 7.67. The lowest BCUT2D eigenvalue weighted by atomic mass is 10.4. The molecule has 5 N–H and O–H groups in total. The van der Waals surface area contributed by atoms with Gasteiger partial charge in [-0.3, -0.25) is 15.5 Å². The topological polar surface area (TPSA) is 139 Å². The number of nitrogens with zero attached hydrogens (tertiary/aromatic N) is 3. The van der Waals surface area contributed by atoms with Crippen LogP contribution in [0.3, 0.4) is 0 Å². The highest BCUT2D eigenvalue weighted by atomic mass is 16.6. The van der Waals surface area contributed by atoms with Gasteiger partial charge in [-0.05, 0) is 0 Å². The minimum atomic E-state index is -0.625. The number of aliphatic hydroxyl groups is 1. The Morgan fingerprint density at radius 1 is 1.67 bits per heavy atom. The van der Waals surface area contributed by atoms with E-state index in [1.807, 2.05) is 0 Å². The number of hydrogen-bond donors (Lipinski definition) is 4. The molecule has 9 heteroatoms. The van der Waals surface area contributed by atoms with Crippen LogP contribution >= 0.6 is 0 Å². The summed E-state index contributed by atoms with van der Waals surface area (Å²) in [5.41, 5.74) is 1.89. The van der Waals surface area contributed by atoms with E-state index in [4.69, 9.17) is 10.9 Å². The number of nitrogen functional groups attached to an aromatic ring is 1. The minimum absolute atomic E-state index is 0.0111. The second-order valence-corrected chi connectivity index (χ2v) is 2.48. The fourth-order valence-corrected chi connectivity index (χ4v) is 0.883. The van der Waals surface area contributed by atoms with E-state index >= 15 is 0 Å². The summed E-state index contributed by atoms with van der Waals surface area (Å²) in [6.07, 6.45) is 1.03. The summed E-state index contributed by atoms with van der Waals surface area (Å²) < 4.78 is 0. The molecule has 1 aromatic rings. The van der Waals surface area contributed by atoms with Crippen LogP contribution in [0.1, 0.15) is 0 Å². The number of nitrogens with one attached hydrogen (secondary N) is 2. The summed E-state index contributed by atoms with van der Waals surface area (Å²) in [7, 11) is 0. The molecule has 0 aliphatic rings. The lowest BCUT2D eigenvalue weighted by Gasteiger charge is -2.05. The van der Waals surface area contributed by atoms with Gasteiger partial charge in [-0.2, -0.15) is 4.98 Å². The van der Waals surface area contributed by atoms with Crippen LogP contribution in [0.25, 0.3) is 0 Å². The van der Waals surface area contributed by atoms with E-state index in [-0.39, 0.29) is 30.6 Å². The molecule has 15 heavy (non-hydrogen) atoms. The molecule has 0 atom stereocenters. The summed E-state index contributed by atoms with van der Waals surface area (Å²) >= 11 is 0. The van der Waals surface area contributed by atoms with Crippen molar-refractivity contribution in [1.82, 2.24) is 9.97 Å². The second kappa shape index (κ2) is 5.02. The molecule has 0 saturated carbocycles. The van der Waals surface area contributed by atoms with Gasteiger partial charge in [0.25, 0.3) is 0 Å². The van der Waals surface area contributed by atoms with Crippen LogP contribution in [0.4, 0.5) is 17.5 Å². The third kappa shape index (κ3) is 2.72. The minimum Gasteiger partial charge on any atom is -0.395 e. The SMILES string of the molecule is NNc1ncc([N+](=O)[O-])c(NCCO)n1. The molecule has 0 unspecified atom stereocenters. The molecule has 0 spiro atoms. The fraction of sp³-hybridized carbons (Fsp3) is 0.333. The maximum absolute atomic E-state index is 10.6. The van der Waals surface area contributed by atoms with Crippen LogP contribution in [0.5, 0.6) is 0 Å². The number of rotatable bonds is 5. The van der Waals surface area contributed by atoms with Crippen molar-refractivity contribution in [2.45, 2.75) is 0 Å². The number of nitro groups is 1. The van der Waals surface area contributed by atoms with Crippen molar-refractivity contribution in [2.24, 2.45) is 5.84 Å². The maximum Gasteiger partial charge on any atom is 0.329 e. The molecule has 0 fully saturated rings. The van der Waals surface area contributed by atoms with Crippen LogP contribution in [0.15, 0.2) is 6.20 Å². The van der Waals surface area contributed by atoms with Gasteiger partial charge >= 0.3 is 5.69 Å². The van der Waals surface area contributed by atoms with E-state index in [1.165, 1.54) is 0 Å². The van der Waals surface area contributed by atoms with Gasteiger partial charge < -0.3 is 10.4 Å². The second-order valence-electron chi connectivity index (χ2n) is 2.48. The van der Waals surface area contributed by atoms with E-state index in [9.17, 15) is 10.1 Å². The number of hydrazine groups is 1. The molecule has 82 valence electrons. The van der Waals surface area contributed by atoms with Crippen LogP contribution < -0.4 is 16.6 Å².